The van der Waals surface area contributed by atoms with E-state index in [4.69, 9.17) is 14.7 Å². The molecule has 0 aromatic heterocycles. The lowest BCUT2D eigenvalue weighted by molar-refractivity contribution is -0.127. The van der Waals surface area contributed by atoms with Crippen LogP contribution in [0.5, 0.6) is 11.5 Å². The lowest BCUT2D eigenvalue weighted by atomic mass is 10.0. The molecule has 0 unspecified atom stereocenters. The normalized spacial score (nSPS) is 11.2. The average molecular weight is 386 g/mol. The van der Waals surface area contributed by atoms with Gasteiger partial charge in [-0.05, 0) is 60.0 Å². The molecule has 0 radical (unpaired) electrons. The Hall–Kier alpha value is -3.78. The monoisotopic (exact) mass is 386 g/mol. The van der Waals surface area contributed by atoms with Crippen LogP contribution in [-0.4, -0.2) is 19.1 Å². The van der Waals surface area contributed by atoms with E-state index in [2.05, 4.69) is 11.4 Å². The first-order valence-corrected chi connectivity index (χ1v) is 9.27. The largest absolute Gasteiger partial charge is 0.497 e. The summed E-state index contributed by atoms with van der Waals surface area (Å²) in [5.41, 5.74) is 3.64. The van der Waals surface area contributed by atoms with Gasteiger partial charge >= 0.3 is 0 Å². The minimum atomic E-state index is -0.617. The van der Waals surface area contributed by atoms with E-state index in [0.29, 0.717) is 17.9 Å². The maximum absolute atomic E-state index is 12.3. The van der Waals surface area contributed by atoms with E-state index in [1.54, 1.807) is 26.2 Å². The van der Waals surface area contributed by atoms with Gasteiger partial charge in [0.25, 0.3) is 5.91 Å². The Morgan fingerprint density at radius 1 is 0.931 bits per heavy atom. The molecule has 5 heteroatoms. The van der Waals surface area contributed by atoms with Crippen molar-refractivity contribution in [3.63, 3.8) is 0 Å². The number of hydrogen-bond acceptors (Lipinski definition) is 4. The molecule has 1 atom stereocenters. The highest BCUT2D eigenvalue weighted by Crippen LogP contribution is 2.23. The molecular formula is C24H22N2O3. The number of amides is 1. The van der Waals surface area contributed by atoms with E-state index in [1.165, 1.54) is 0 Å². The van der Waals surface area contributed by atoms with E-state index >= 15 is 0 Å². The van der Waals surface area contributed by atoms with E-state index in [-0.39, 0.29) is 5.91 Å². The second-order valence-corrected chi connectivity index (χ2v) is 6.54. The van der Waals surface area contributed by atoms with Gasteiger partial charge in [-0.25, -0.2) is 0 Å². The predicted molar refractivity (Wildman–Crippen MR) is 112 cm³/mol. The summed E-state index contributed by atoms with van der Waals surface area (Å²) in [5, 5.41) is 11.8. The van der Waals surface area contributed by atoms with Gasteiger partial charge < -0.3 is 14.8 Å². The SMILES string of the molecule is COc1ccc(CNC(=O)[C@@H](C)Oc2ccc(-c3ccc(C#N)cc3)cc2)cc1. The predicted octanol–water partition coefficient (Wildman–Crippen LogP) is 4.32. The number of carbonyl (C=O) groups excluding carboxylic acids is 1. The van der Waals surface area contributed by atoms with Gasteiger partial charge in [-0.15, -0.1) is 0 Å². The van der Waals surface area contributed by atoms with Crippen LogP contribution in [0.15, 0.2) is 72.8 Å². The van der Waals surface area contributed by atoms with Crippen LogP contribution in [0.2, 0.25) is 0 Å². The first-order chi connectivity index (χ1) is 14.1. The maximum atomic E-state index is 12.3. The highest BCUT2D eigenvalue weighted by atomic mass is 16.5. The summed E-state index contributed by atoms with van der Waals surface area (Å²) in [6.07, 6.45) is -0.617. The summed E-state index contributed by atoms with van der Waals surface area (Å²) in [6.45, 7) is 2.14. The molecule has 1 N–H and O–H groups in total. The Bertz CT molecular complexity index is 988. The number of benzene rings is 3. The summed E-state index contributed by atoms with van der Waals surface area (Å²) in [7, 11) is 1.62. The van der Waals surface area contributed by atoms with Gasteiger partial charge in [-0.3, -0.25) is 4.79 Å². The topological polar surface area (TPSA) is 71.3 Å². The third kappa shape index (κ3) is 5.36. The lowest BCUT2D eigenvalue weighted by Crippen LogP contribution is -2.35. The van der Waals surface area contributed by atoms with Crippen molar-refractivity contribution in [1.82, 2.24) is 5.32 Å². The Kier molecular flexibility index (Phi) is 6.49. The van der Waals surface area contributed by atoms with Crippen molar-refractivity contribution < 1.29 is 14.3 Å². The summed E-state index contributed by atoms with van der Waals surface area (Å²) in [6, 6.07) is 24.6. The van der Waals surface area contributed by atoms with Crippen LogP contribution in [0, 0.1) is 11.3 Å². The third-order valence-corrected chi connectivity index (χ3v) is 4.51. The highest BCUT2D eigenvalue weighted by Gasteiger charge is 2.14. The zero-order valence-corrected chi connectivity index (χ0v) is 16.4. The Morgan fingerprint density at radius 3 is 2.03 bits per heavy atom. The molecule has 0 aliphatic heterocycles. The average Bonchev–Trinajstić information content (AvgIpc) is 2.78. The minimum absolute atomic E-state index is 0.183. The molecule has 0 bridgehead atoms. The van der Waals surface area contributed by atoms with Gasteiger partial charge in [-0.1, -0.05) is 36.4 Å². The highest BCUT2D eigenvalue weighted by molar-refractivity contribution is 5.80. The van der Waals surface area contributed by atoms with Crippen LogP contribution in [0.1, 0.15) is 18.1 Å². The molecule has 29 heavy (non-hydrogen) atoms. The zero-order chi connectivity index (χ0) is 20.6. The number of rotatable bonds is 7. The quantitative estimate of drug-likeness (QED) is 0.656. The molecule has 3 aromatic rings. The fourth-order valence-corrected chi connectivity index (χ4v) is 2.80. The fourth-order valence-electron chi connectivity index (χ4n) is 2.80. The van der Waals surface area contributed by atoms with Crippen molar-refractivity contribution in [3.8, 4) is 28.7 Å². The summed E-state index contributed by atoms with van der Waals surface area (Å²) < 4.78 is 10.9. The molecule has 1 amide bonds. The molecule has 0 aliphatic carbocycles. The standard InChI is InChI=1S/C24H22N2O3/c1-17(24(27)26-16-19-5-11-22(28-2)12-6-19)29-23-13-9-21(10-14-23)20-7-3-18(15-25)4-8-20/h3-14,17H,16H2,1-2H3,(H,26,27)/t17-/m1/s1. The van der Waals surface area contributed by atoms with Gasteiger partial charge in [-0.2, -0.15) is 5.26 Å². The number of carbonyl (C=O) groups is 1. The fraction of sp³-hybridized carbons (Fsp3) is 0.167. The molecular weight excluding hydrogens is 364 g/mol. The van der Waals surface area contributed by atoms with E-state index < -0.39 is 6.10 Å². The molecule has 0 saturated carbocycles. The first kappa shape index (κ1) is 20.0. The number of methoxy groups -OCH3 is 1. The lowest BCUT2D eigenvalue weighted by Gasteiger charge is -2.15. The summed E-state index contributed by atoms with van der Waals surface area (Å²) >= 11 is 0. The number of nitrogens with one attached hydrogen (secondary N) is 1. The molecule has 146 valence electrons. The molecule has 3 aromatic carbocycles. The Morgan fingerprint density at radius 2 is 1.48 bits per heavy atom. The number of hydrogen-bond donors (Lipinski definition) is 1. The summed E-state index contributed by atoms with van der Waals surface area (Å²) in [5.74, 6) is 1.22. The van der Waals surface area contributed by atoms with Gasteiger partial charge in [0.1, 0.15) is 11.5 Å². The maximum Gasteiger partial charge on any atom is 0.261 e. The molecule has 0 saturated heterocycles. The van der Waals surface area contributed by atoms with E-state index in [9.17, 15) is 4.79 Å². The van der Waals surface area contributed by atoms with E-state index in [0.717, 1.165) is 22.4 Å². The van der Waals surface area contributed by atoms with Crippen LogP contribution in [-0.2, 0) is 11.3 Å². The smallest absolute Gasteiger partial charge is 0.261 e. The molecule has 0 spiro atoms. The van der Waals surface area contributed by atoms with Crippen LogP contribution >= 0.6 is 0 Å². The van der Waals surface area contributed by atoms with Crippen LogP contribution in [0.3, 0.4) is 0 Å². The second kappa shape index (κ2) is 9.43. The van der Waals surface area contributed by atoms with E-state index in [1.807, 2.05) is 60.7 Å². The van der Waals surface area contributed by atoms with Gasteiger partial charge in [0.15, 0.2) is 6.10 Å². The van der Waals surface area contributed by atoms with Crippen LogP contribution in [0.25, 0.3) is 11.1 Å². The zero-order valence-electron chi connectivity index (χ0n) is 16.4. The van der Waals surface area contributed by atoms with Gasteiger partial charge in [0.2, 0.25) is 0 Å². The minimum Gasteiger partial charge on any atom is -0.497 e. The van der Waals surface area contributed by atoms with Crippen molar-refractivity contribution in [3.05, 3.63) is 83.9 Å². The van der Waals surface area contributed by atoms with Crippen molar-refractivity contribution in [2.75, 3.05) is 7.11 Å². The molecule has 0 aliphatic rings. The molecule has 0 fully saturated rings. The number of ether oxygens (including phenoxy) is 2. The summed E-state index contributed by atoms with van der Waals surface area (Å²) in [4.78, 5) is 12.3. The van der Waals surface area contributed by atoms with Crippen molar-refractivity contribution in [2.45, 2.75) is 19.6 Å². The van der Waals surface area contributed by atoms with Crippen molar-refractivity contribution in [2.24, 2.45) is 0 Å². The number of nitrogens with zero attached hydrogens (tertiary/aromatic N) is 1. The molecule has 5 nitrogen and oxygen atoms in total. The van der Waals surface area contributed by atoms with Crippen LogP contribution in [0.4, 0.5) is 0 Å². The first-order valence-electron chi connectivity index (χ1n) is 9.27. The Balaban J connectivity index is 1.54. The molecule has 3 rings (SSSR count). The van der Waals surface area contributed by atoms with Gasteiger partial charge in [0.05, 0.1) is 18.7 Å². The number of nitriles is 1. The van der Waals surface area contributed by atoms with Crippen LogP contribution < -0.4 is 14.8 Å². The third-order valence-electron chi connectivity index (χ3n) is 4.51. The van der Waals surface area contributed by atoms with Gasteiger partial charge in [0, 0.05) is 6.54 Å². The second-order valence-electron chi connectivity index (χ2n) is 6.54. The van der Waals surface area contributed by atoms with Crippen molar-refractivity contribution >= 4 is 5.91 Å². The Labute approximate surface area is 170 Å². The molecule has 0 heterocycles. The van der Waals surface area contributed by atoms with Crippen molar-refractivity contribution in [1.29, 1.82) is 5.26 Å².